The molecule has 0 saturated carbocycles. The number of carbonyl (C=O) groups is 1. The first kappa shape index (κ1) is 13.1. The number of rotatable bonds is 7. The zero-order valence-corrected chi connectivity index (χ0v) is 10.6. The summed E-state index contributed by atoms with van der Waals surface area (Å²) in [4.78, 5) is 11.5. The molecule has 16 heavy (non-hydrogen) atoms. The van der Waals surface area contributed by atoms with Crippen LogP contribution in [0.15, 0.2) is 12.3 Å². The van der Waals surface area contributed by atoms with E-state index in [-0.39, 0.29) is 5.91 Å². The van der Waals surface area contributed by atoms with Gasteiger partial charge in [0.25, 0.3) is 5.91 Å². The Bertz CT molecular complexity index is 298. The number of nitrogens with zero attached hydrogens (tertiary/aromatic N) is 1. The Labute approximate surface area is 101 Å². The van der Waals surface area contributed by atoms with Gasteiger partial charge in [0.05, 0.1) is 0 Å². The van der Waals surface area contributed by atoms with E-state index >= 15 is 0 Å². The smallest absolute Gasteiger partial charge is 0.269 e. The quantitative estimate of drug-likeness (QED) is 0.717. The number of aromatic amines is 1. The normalized spacial score (nSPS) is 10.7. The lowest BCUT2D eigenvalue weighted by Crippen LogP contribution is -2.25. The van der Waals surface area contributed by atoms with Crippen molar-refractivity contribution in [1.82, 2.24) is 15.5 Å². The van der Waals surface area contributed by atoms with E-state index in [1.807, 2.05) is 11.8 Å². The second kappa shape index (κ2) is 7.33. The summed E-state index contributed by atoms with van der Waals surface area (Å²) >= 11 is 1.94. The Morgan fingerprint density at radius 3 is 3.06 bits per heavy atom. The lowest BCUT2D eigenvalue weighted by Gasteiger charge is -2.05. The van der Waals surface area contributed by atoms with Crippen molar-refractivity contribution >= 4 is 17.7 Å². The third-order valence-corrected chi connectivity index (χ3v) is 3.43. The molecule has 0 radical (unpaired) electrons. The van der Waals surface area contributed by atoms with Gasteiger partial charge in [0, 0.05) is 12.7 Å². The summed E-state index contributed by atoms with van der Waals surface area (Å²) < 4.78 is 0. The highest BCUT2D eigenvalue weighted by molar-refractivity contribution is 7.99. The molecule has 0 aliphatic carbocycles. The van der Waals surface area contributed by atoms with Gasteiger partial charge in [0.15, 0.2) is 0 Å². The molecular formula is C11H19N3OS. The molecule has 1 rings (SSSR count). The van der Waals surface area contributed by atoms with Crippen molar-refractivity contribution in [2.75, 3.05) is 18.1 Å². The highest BCUT2D eigenvalue weighted by atomic mass is 32.2. The lowest BCUT2D eigenvalue weighted by molar-refractivity contribution is 0.0949. The average Bonchev–Trinajstić information content (AvgIpc) is 2.75. The van der Waals surface area contributed by atoms with Crippen molar-refractivity contribution in [3.8, 4) is 0 Å². The van der Waals surface area contributed by atoms with Crippen molar-refractivity contribution < 1.29 is 4.79 Å². The predicted octanol–water partition coefficient (Wildman–Crippen LogP) is 1.92. The van der Waals surface area contributed by atoms with Crippen molar-refractivity contribution in [1.29, 1.82) is 0 Å². The highest BCUT2D eigenvalue weighted by Crippen LogP contribution is 2.07. The molecule has 0 spiro atoms. The molecule has 5 heteroatoms. The van der Waals surface area contributed by atoms with Crippen LogP contribution in [0, 0.1) is 5.92 Å². The van der Waals surface area contributed by atoms with Gasteiger partial charge in [-0.05, 0) is 29.9 Å². The molecule has 2 N–H and O–H groups in total. The second-order valence-electron chi connectivity index (χ2n) is 4.05. The van der Waals surface area contributed by atoms with E-state index in [0.717, 1.165) is 24.6 Å². The summed E-state index contributed by atoms with van der Waals surface area (Å²) in [6, 6.07) is 1.67. The summed E-state index contributed by atoms with van der Waals surface area (Å²) in [7, 11) is 0. The number of nitrogens with one attached hydrogen (secondary N) is 2. The summed E-state index contributed by atoms with van der Waals surface area (Å²) in [5.41, 5.74) is 0.523. The van der Waals surface area contributed by atoms with Crippen LogP contribution in [0.5, 0.6) is 0 Å². The first-order valence-corrected chi connectivity index (χ1v) is 6.71. The van der Waals surface area contributed by atoms with Gasteiger partial charge in [-0.25, -0.2) is 0 Å². The monoisotopic (exact) mass is 241 g/mol. The number of thioether (sulfide) groups is 1. The third kappa shape index (κ3) is 5.21. The van der Waals surface area contributed by atoms with Crippen LogP contribution in [-0.2, 0) is 0 Å². The average molecular weight is 241 g/mol. The van der Waals surface area contributed by atoms with Crippen LogP contribution < -0.4 is 5.32 Å². The molecule has 90 valence electrons. The van der Waals surface area contributed by atoms with Crippen LogP contribution in [-0.4, -0.2) is 34.2 Å². The van der Waals surface area contributed by atoms with Gasteiger partial charge in [0.1, 0.15) is 5.69 Å². The fourth-order valence-corrected chi connectivity index (χ4v) is 2.16. The number of amides is 1. The van der Waals surface area contributed by atoms with Gasteiger partial charge in [-0.1, -0.05) is 13.8 Å². The minimum absolute atomic E-state index is 0.0774. The molecule has 1 aromatic rings. The molecule has 1 aromatic heterocycles. The standard InChI is InChI=1S/C11H19N3OS/c1-9(2)8-16-7-3-5-12-11(15)10-4-6-13-14-10/h4,6,9H,3,5,7-8H2,1-2H3,(H,12,15)(H,13,14). The number of hydrogen-bond donors (Lipinski definition) is 2. The zero-order chi connectivity index (χ0) is 11.8. The molecule has 0 aliphatic heterocycles. The summed E-state index contributed by atoms with van der Waals surface area (Å²) in [5, 5.41) is 9.22. The summed E-state index contributed by atoms with van der Waals surface area (Å²) in [6.45, 7) is 5.16. The third-order valence-electron chi connectivity index (χ3n) is 1.95. The summed E-state index contributed by atoms with van der Waals surface area (Å²) in [5.74, 6) is 2.95. The van der Waals surface area contributed by atoms with E-state index in [1.54, 1.807) is 12.3 Å². The van der Waals surface area contributed by atoms with Crippen LogP contribution in [0.4, 0.5) is 0 Å². The Hall–Kier alpha value is -0.970. The SMILES string of the molecule is CC(C)CSCCCNC(=O)c1ccn[nH]1. The maximum atomic E-state index is 11.5. The van der Waals surface area contributed by atoms with Gasteiger partial charge in [-0.3, -0.25) is 9.89 Å². The molecule has 0 saturated heterocycles. The Morgan fingerprint density at radius 2 is 2.44 bits per heavy atom. The van der Waals surface area contributed by atoms with Crippen LogP contribution in [0.25, 0.3) is 0 Å². The fraction of sp³-hybridized carbons (Fsp3) is 0.636. The molecule has 0 bridgehead atoms. The van der Waals surface area contributed by atoms with E-state index in [2.05, 4.69) is 29.4 Å². The summed E-state index contributed by atoms with van der Waals surface area (Å²) in [6.07, 6.45) is 2.59. The highest BCUT2D eigenvalue weighted by Gasteiger charge is 2.04. The van der Waals surface area contributed by atoms with Gasteiger partial charge < -0.3 is 5.32 Å². The fourth-order valence-electron chi connectivity index (χ4n) is 1.17. The predicted molar refractivity (Wildman–Crippen MR) is 67.7 cm³/mol. The van der Waals surface area contributed by atoms with E-state index in [4.69, 9.17) is 0 Å². The molecule has 4 nitrogen and oxygen atoms in total. The minimum Gasteiger partial charge on any atom is -0.351 e. The van der Waals surface area contributed by atoms with Gasteiger partial charge in [0.2, 0.25) is 0 Å². The van der Waals surface area contributed by atoms with Crippen molar-refractivity contribution in [2.24, 2.45) is 5.92 Å². The molecule has 0 unspecified atom stereocenters. The Morgan fingerprint density at radius 1 is 1.62 bits per heavy atom. The molecule has 0 aromatic carbocycles. The van der Waals surface area contributed by atoms with E-state index in [9.17, 15) is 4.79 Å². The van der Waals surface area contributed by atoms with Gasteiger partial charge >= 0.3 is 0 Å². The van der Waals surface area contributed by atoms with Crippen LogP contribution >= 0.6 is 11.8 Å². The molecular weight excluding hydrogens is 222 g/mol. The maximum Gasteiger partial charge on any atom is 0.269 e. The first-order chi connectivity index (χ1) is 7.70. The zero-order valence-electron chi connectivity index (χ0n) is 9.82. The molecule has 0 aliphatic rings. The second-order valence-corrected chi connectivity index (χ2v) is 5.20. The Kier molecular flexibility index (Phi) is 6.00. The van der Waals surface area contributed by atoms with Crippen LogP contribution in [0.1, 0.15) is 30.8 Å². The van der Waals surface area contributed by atoms with E-state index in [0.29, 0.717) is 5.69 Å². The van der Waals surface area contributed by atoms with Crippen molar-refractivity contribution in [2.45, 2.75) is 20.3 Å². The van der Waals surface area contributed by atoms with Gasteiger partial charge in [-0.2, -0.15) is 16.9 Å². The molecule has 0 fully saturated rings. The topological polar surface area (TPSA) is 57.8 Å². The van der Waals surface area contributed by atoms with Crippen LogP contribution in [0.2, 0.25) is 0 Å². The van der Waals surface area contributed by atoms with Crippen molar-refractivity contribution in [3.05, 3.63) is 18.0 Å². The maximum absolute atomic E-state index is 11.5. The largest absolute Gasteiger partial charge is 0.351 e. The molecule has 1 amide bonds. The Balaban J connectivity index is 2.01. The van der Waals surface area contributed by atoms with Crippen LogP contribution in [0.3, 0.4) is 0 Å². The minimum atomic E-state index is -0.0774. The lowest BCUT2D eigenvalue weighted by atomic mass is 10.3. The van der Waals surface area contributed by atoms with E-state index in [1.165, 1.54) is 5.75 Å². The van der Waals surface area contributed by atoms with Crippen molar-refractivity contribution in [3.63, 3.8) is 0 Å². The van der Waals surface area contributed by atoms with E-state index < -0.39 is 0 Å². The first-order valence-electron chi connectivity index (χ1n) is 5.55. The number of carbonyl (C=O) groups excluding carboxylic acids is 1. The molecule has 1 heterocycles. The number of aromatic nitrogens is 2. The van der Waals surface area contributed by atoms with Gasteiger partial charge in [-0.15, -0.1) is 0 Å². The number of H-pyrrole nitrogens is 1. The number of hydrogen-bond acceptors (Lipinski definition) is 3. The molecule has 0 atom stereocenters.